The van der Waals surface area contributed by atoms with Crippen molar-refractivity contribution in [2.75, 3.05) is 0 Å². The number of rotatable bonds is 6. The maximum absolute atomic E-state index is 6.03. The highest BCUT2D eigenvalue weighted by Crippen LogP contribution is 2.29. The Morgan fingerprint density at radius 1 is 0.952 bits per heavy atom. The van der Waals surface area contributed by atoms with Crippen molar-refractivity contribution in [2.45, 2.75) is 79.1 Å². The average Bonchev–Trinajstić information content (AvgIpc) is 2.37. The van der Waals surface area contributed by atoms with Crippen LogP contribution in [0.2, 0.25) is 0 Å². The summed E-state index contributed by atoms with van der Waals surface area (Å²) in [6.07, 6.45) is 0.893. The SMILES string of the molecule is CCC(C)(C)c1ccc(OC(OC(C)(C)C)C(C)C)cc1. The molecule has 120 valence electrons. The highest BCUT2D eigenvalue weighted by Gasteiger charge is 2.23. The van der Waals surface area contributed by atoms with E-state index < -0.39 is 0 Å². The quantitative estimate of drug-likeness (QED) is 0.640. The molecule has 0 amide bonds. The van der Waals surface area contributed by atoms with Crippen molar-refractivity contribution >= 4 is 0 Å². The highest BCUT2D eigenvalue weighted by atomic mass is 16.7. The second kappa shape index (κ2) is 6.83. The zero-order valence-electron chi connectivity index (χ0n) is 15.0. The van der Waals surface area contributed by atoms with E-state index in [2.05, 4.69) is 67.5 Å². The number of hydrogen-bond acceptors (Lipinski definition) is 2. The fourth-order valence-corrected chi connectivity index (χ4v) is 1.97. The van der Waals surface area contributed by atoms with Crippen molar-refractivity contribution in [1.29, 1.82) is 0 Å². The monoisotopic (exact) mass is 292 g/mol. The van der Waals surface area contributed by atoms with Gasteiger partial charge in [-0.05, 0) is 50.3 Å². The third-order valence-corrected chi connectivity index (χ3v) is 3.79. The molecule has 1 atom stereocenters. The van der Waals surface area contributed by atoms with Crippen molar-refractivity contribution in [3.8, 4) is 5.75 Å². The Morgan fingerprint density at radius 3 is 1.86 bits per heavy atom. The fraction of sp³-hybridized carbons (Fsp3) is 0.684. The highest BCUT2D eigenvalue weighted by molar-refractivity contribution is 5.31. The van der Waals surface area contributed by atoms with Crippen LogP contribution in [-0.2, 0) is 10.2 Å². The van der Waals surface area contributed by atoms with Crippen LogP contribution in [0.15, 0.2) is 24.3 Å². The molecule has 0 aliphatic carbocycles. The van der Waals surface area contributed by atoms with Gasteiger partial charge in [0.2, 0.25) is 6.29 Å². The van der Waals surface area contributed by atoms with Gasteiger partial charge in [-0.15, -0.1) is 0 Å². The lowest BCUT2D eigenvalue weighted by Crippen LogP contribution is -2.35. The first kappa shape index (κ1) is 18.0. The van der Waals surface area contributed by atoms with Gasteiger partial charge in [0, 0.05) is 5.92 Å². The molecule has 0 spiro atoms. The van der Waals surface area contributed by atoms with Crippen LogP contribution in [0.5, 0.6) is 5.75 Å². The van der Waals surface area contributed by atoms with Gasteiger partial charge in [0.1, 0.15) is 5.75 Å². The van der Waals surface area contributed by atoms with Crippen molar-refractivity contribution < 1.29 is 9.47 Å². The van der Waals surface area contributed by atoms with Crippen LogP contribution < -0.4 is 4.74 Å². The first-order valence-electron chi connectivity index (χ1n) is 8.00. The van der Waals surface area contributed by atoms with E-state index in [0.29, 0.717) is 5.92 Å². The van der Waals surface area contributed by atoms with Gasteiger partial charge in [-0.1, -0.05) is 46.8 Å². The molecule has 0 radical (unpaired) electrons. The van der Waals surface area contributed by atoms with Gasteiger partial charge in [0.15, 0.2) is 0 Å². The Morgan fingerprint density at radius 2 is 1.48 bits per heavy atom. The molecule has 1 rings (SSSR count). The fourth-order valence-electron chi connectivity index (χ4n) is 1.97. The minimum atomic E-state index is -0.227. The van der Waals surface area contributed by atoms with E-state index in [-0.39, 0.29) is 17.3 Å². The summed E-state index contributed by atoms with van der Waals surface area (Å²) >= 11 is 0. The van der Waals surface area contributed by atoms with Gasteiger partial charge >= 0.3 is 0 Å². The van der Waals surface area contributed by atoms with Crippen molar-refractivity contribution in [2.24, 2.45) is 5.92 Å². The Kier molecular flexibility index (Phi) is 5.86. The van der Waals surface area contributed by atoms with E-state index in [1.807, 2.05) is 12.1 Å². The molecule has 21 heavy (non-hydrogen) atoms. The molecule has 0 N–H and O–H groups in total. The number of ether oxygens (including phenoxy) is 2. The van der Waals surface area contributed by atoms with Crippen molar-refractivity contribution in [1.82, 2.24) is 0 Å². The minimum absolute atomic E-state index is 0.206. The van der Waals surface area contributed by atoms with Crippen LogP contribution >= 0.6 is 0 Å². The van der Waals surface area contributed by atoms with Crippen LogP contribution in [0.25, 0.3) is 0 Å². The second-order valence-corrected chi connectivity index (χ2v) is 7.72. The molecular weight excluding hydrogens is 260 g/mol. The first-order chi connectivity index (χ1) is 9.55. The Balaban J connectivity index is 2.82. The number of benzene rings is 1. The maximum Gasteiger partial charge on any atom is 0.202 e. The zero-order chi connectivity index (χ0) is 16.3. The standard InChI is InChI=1S/C19H32O2/c1-9-19(7,8)15-10-12-16(13-11-15)20-17(14(2)3)21-18(4,5)6/h10-14,17H,9H2,1-8H3. The summed E-state index contributed by atoms with van der Waals surface area (Å²) < 4.78 is 12.0. The van der Waals surface area contributed by atoms with Crippen LogP contribution in [0.3, 0.4) is 0 Å². The molecule has 1 aromatic carbocycles. The van der Waals surface area contributed by atoms with Gasteiger partial charge in [-0.2, -0.15) is 0 Å². The second-order valence-electron chi connectivity index (χ2n) is 7.72. The van der Waals surface area contributed by atoms with Crippen LogP contribution in [-0.4, -0.2) is 11.9 Å². The van der Waals surface area contributed by atoms with E-state index in [0.717, 1.165) is 12.2 Å². The van der Waals surface area contributed by atoms with Gasteiger partial charge in [0.25, 0.3) is 0 Å². The van der Waals surface area contributed by atoms with Crippen LogP contribution in [0, 0.1) is 5.92 Å². The summed E-state index contributed by atoms with van der Waals surface area (Å²) in [5.41, 5.74) is 1.34. The molecule has 1 unspecified atom stereocenters. The first-order valence-corrected chi connectivity index (χ1v) is 8.00. The Bertz CT molecular complexity index is 424. The normalized spacial score (nSPS) is 14.3. The van der Waals surface area contributed by atoms with Crippen LogP contribution in [0.4, 0.5) is 0 Å². The van der Waals surface area contributed by atoms with E-state index in [1.165, 1.54) is 5.56 Å². The van der Waals surface area contributed by atoms with Gasteiger partial charge in [0.05, 0.1) is 5.60 Å². The molecule has 0 fully saturated rings. The third kappa shape index (κ3) is 5.70. The molecule has 1 aromatic rings. The van der Waals surface area contributed by atoms with Gasteiger partial charge in [-0.3, -0.25) is 0 Å². The van der Waals surface area contributed by atoms with E-state index in [4.69, 9.17) is 9.47 Å². The predicted octanol–water partition coefficient (Wildman–Crippen LogP) is 5.55. The molecule has 0 aliphatic rings. The number of hydrogen-bond donors (Lipinski definition) is 0. The van der Waals surface area contributed by atoms with E-state index >= 15 is 0 Å². The maximum atomic E-state index is 6.03. The van der Waals surface area contributed by atoms with E-state index in [1.54, 1.807) is 0 Å². The summed E-state index contributed by atoms with van der Waals surface area (Å²) in [4.78, 5) is 0. The summed E-state index contributed by atoms with van der Waals surface area (Å²) in [6.45, 7) is 17.1. The summed E-state index contributed by atoms with van der Waals surface area (Å²) in [7, 11) is 0. The van der Waals surface area contributed by atoms with E-state index in [9.17, 15) is 0 Å². The molecule has 0 saturated heterocycles. The molecule has 0 aromatic heterocycles. The molecule has 0 aliphatic heterocycles. The Hall–Kier alpha value is -1.02. The predicted molar refractivity (Wildman–Crippen MR) is 89.9 cm³/mol. The zero-order valence-corrected chi connectivity index (χ0v) is 15.0. The smallest absolute Gasteiger partial charge is 0.202 e. The molecule has 0 bridgehead atoms. The lowest BCUT2D eigenvalue weighted by Gasteiger charge is -2.30. The average molecular weight is 292 g/mol. The van der Waals surface area contributed by atoms with Crippen LogP contribution in [0.1, 0.15) is 67.4 Å². The molecule has 2 nitrogen and oxygen atoms in total. The van der Waals surface area contributed by atoms with Gasteiger partial charge in [-0.25, -0.2) is 0 Å². The molecule has 0 saturated carbocycles. The summed E-state index contributed by atoms with van der Waals surface area (Å²) in [5, 5.41) is 0. The lowest BCUT2D eigenvalue weighted by atomic mass is 9.82. The largest absolute Gasteiger partial charge is 0.465 e. The van der Waals surface area contributed by atoms with Crippen molar-refractivity contribution in [3.63, 3.8) is 0 Å². The topological polar surface area (TPSA) is 18.5 Å². The van der Waals surface area contributed by atoms with Crippen molar-refractivity contribution in [3.05, 3.63) is 29.8 Å². The lowest BCUT2D eigenvalue weighted by molar-refractivity contribution is -0.171. The summed E-state index contributed by atoms with van der Waals surface area (Å²) in [6, 6.07) is 8.42. The molecule has 2 heteroatoms. The molecule has 0 heterocycles. The molecular formula is C19H32O2. The van der Waals surface area contributed by atoms with Gasteiger partial charge < -0.3 is 9.47 Å². The minimum Gasteiger partial charge on any atom is -0.465 e. The third-order valence-electron chi connectivity index (χ3n) is 3.79. The Labute approximate surface area is 130 Å². The summed E-state index contributed by atoms with van der Waals surface area (Å²) in [5.74, 6) is 1.17.